The average molecular weight is 295 g/mol. The lowest BCUT2D eigenvalue weighted by molar-refractivity contribution is -0.120. The van der Waals surface area contributed by atoms with Crippen LogP contribution in [-0.4, -0.2) is 16.0 Å². The predicted octanol–water partition coefficient (Wildman–Crippen LogP) is 2.70. The second kappa shape index (κ2) is 5.97. The van der Waals surface area contributed by atoms with E-state index >= 15 is 0 Å². The average Bonchev–Trinajstić information content (AvgIpc) is 2.89. The van der Waals surface area contributed by atoms with Crippen molar-refractivity contribution in [2.75, 3.05) is 0 Å². The molecule has 0 unspecified atom stereocenters. The zero-order valence-electron chi connectivity index (χ0n) is 12.6. The van der Waals surface area contributed by atoms with Gasteiger partial charge in [-0.15, -0.1) is 0 Å². The third-order valence-electron chi connectivity index (χ3n) is 3.70. The highest BCUT2D eigenvalue weighted by Gasteiger charge is 2.13. The molecule has 1 aromatic carbocycles. The number of amides is 1. The number of hydrogen-bond acceptors (Lipinski definition) is 4. The summed E-state index contributed by atoms with van der Waals surface area (Å²) in [6.45, 7) is 4.52. The van der Waals surface area contributed by atoms with Gasteiger partial charge in [-0.2, -0.15) is 0 Å². The van der Waals surface area contributed by atoms with Crippen LogP contribution in [0.3, 0.4) is 0 Å². The van der Waals surface area contributed by atoms with E-state index in [-0.39, 0.29) is 12.3 Å². The molecule has 5 heteroatoms. The van der Waals surface area contributed by atoms with Crippen LogP contribution in [0.25, 0.3) is 11.0 Å². The SMILES string of the molecule is Cc1cc2onc(CC(=O)NCc3cccnc3)c2cc1C. The maximum atomic E-state index is 12.1. The zero-order valence-corrected chi connectivity index (χ0v) is 12.6. The summed E-state index contributed by atoms with van der Waals surface area (Å²) in [5.41, 5.74) is 4.66. The number of carbonyl (C=O) groups is 1. The minimum atomic E-state index is -0.0859. The van der Waals surface area contributed by atoms with E-state index in [1.54, 1.807) is 12.4 Å². The number of benzene rings is 1. The summed E-state index contributed by atoms with van der Waals surface area (Å²) >= 11 is 0. The number of rotatable bonds is 4. The van der Waals surface area contributed by atoms with Gasteiger partial charge in [0.05, 0.1) is 6.42 Å². The first-order valence-corrected chi connectivity index (χ1v) is 7.14. The van der Waals surface area contributed by atoms with Gasteiger partial charge in [-0.3, -0.25) is 9.78 Å². The monoisotopic (exact) mass is 295 g/mol. The fourth-order valence-electron chi connectivity index (χ4n) is 2.29. The molecular weight excluding hydrogens is 278 g/mol. The highest BCUT2D eigenvalue weighted by molar-refractivity contribution is 5.87. The summed E-state index contributed by atoms with van der Waals surface area (Å²) in [5.74, 6) is -0.0859. The van der Waals surface area contributed by atoms with Crippen LogP contribution in [0, 0.1) is 13.8 Å². The lowest BCUT2D eigenvalue weighted by Crippen LogP contribution is -2.24. The van der Waals surface area contributed by atoms with Crippen LogP contribution in [0.1, 0.15) is 22.4 Å². The number of pyridine rings is 1. The van der Waals surface area contributed by atoms with Crippen LogP contribution in [0.2, 0.25) is 0 Å². The normalized spacial score (nSPS) is 10.8. The van der Waals surface area contributed by atoms with E-state index in [2.05, 4.69) is 15.5 Å². The summed E-state index contributed by atoms with van der Waals surface area (Å²) in [4.78, 5) is 16.1. The highest BCUT2D eigenvalue weighted by Crippen LogP contribution is 2.22. The van der Waals surface area contributed by atoms with Crippen LogP contribution in [0.5, 0.6) is 0 Å². The van der Waals surface area contributed by atoms with Crippen molar-refractivity contribution in [1.82, 2.24) is 15.5 Å². The fourth-order valence-corrected chi connectivity index (χ4v) is 2.29. The summed E-state index contributed by atoms with van der Waals surface area (Å²) in [6.07, 6.45) is 3.64. The van der Waals surface area contributed by atoms with Gasteiger partial charge in [0.15, 0.2) is 5.58 Å². The Bertz CT molecular complexity index is 809. The van der Waals surface area contributed by atoms with Crippen LogP contribution in [0.15, 0.2) is 41.2 Å². The molecule has 0 spiro atoms. The number of hydrogen-bond donors (Lipinski definition) is 1. The number of nitrogens with zero attached hydrogens (tertiary/aromatic N) is 2. The smallest absolute Gasteiger partial charge is 0.226 e. The van der Waals surface area contributed by atoms with Crippen molar-refractivity contribution in [2.24, 2.45) is 0 Å². The molecule has 0 aliphatic heterocycles. The van der Waals surface area contributed by atoms with Crippen LogP contribution >= 0.6 is 0 Å². The number of aromatic nitrogens is 2. The van der Waals surface area contributed by atoms with Crippen molar-refractivity contribution in [3.8, 4) is 0 Å². The Morgan fingerprint density at radius 3 is 2.86 bits per heavy atom. The Labute approximate surface area is 128 Å². The molecule has 0 radical (unpaired) electrons. The molecule has 112 valence electrons. The van der Waals surface area contributed by atoms with Crippen LogP contribution in [0.4, 0.5) is 0 Å². The van der Waals surface area contributed by atoms with E-state index < -0.39 is 0 Å². The standard InChI is InChI=1S/C17H17N3O2/c1-11-6-14-15(20-22-16(14)7-12(11)2)8-17(21)19-10-13-4-3-5-18-9-13/h3-7,9H,8,10H2,1-2H3,(H,19,21). The van der Waals surface area contributed by atoms with E-state index in [4.69, 9.17) is 4.52 Å². The van der Waals surface area contributed by atoms with E-state index in [1.807, 2.05) is 38.1 Å². The van der Waals surface area contributed by atoms with Crippen molar-refractivity contribution < 1.29 is 9.32 Å². The lowest BCUT2D eigenvalue weighted by atomic mass is 10.1. The minimum Gasteiger partial charge on any atom is -0.356 e. The molecule has 0 saturated heterocycles. The fraction of sp³-hybridized carbons (Fsp3) is 0.235. The maximum Gasteiger partial charge on any atom is 0.226 e. The topological polar surface area (TPSA) is 68.0 Å². The van der Waals surface area contributed by atoms with Gasteiger partial charge < -0.3 is 9.84 Å². The van der Waals surface area contributed by atoms with Gasteiger partial charge in [-0.25, -0.2) is 0 Å². The molecule has 0 saturated carbocycles. The predicted molar refractivity (Wildman–Crippen MR) is 83.3 cm³/mol. The van der Waals surface area contributed by atoms with Crippen molar-refractivity contribution in [3.05, 3.63) is 59.0 Å². The molecule has 0 aliphatic rings. The second-order valence-electron chi connectivity index (χ2n) is 5.38. The van der Waals surface area contributed by atoms with Crippen molar-refractivity contribution in [1.29, 1.82) is 0 Å². The Morgan fingerprint density at radius 2 is 2.09 bits per heavy atom. The summed E-state index contributed by atoms with van der Waals surface area (Å²) in [7, 11) is 0. The molecule has 2 aromatic heterocycles. The molecule has 0 aliphatic carbocycles. The highest BCUT2D eigenvalue weighted by atomic mass is 16.5. The first-order valence-electron chi connectivity index (χ1n) is 7.14. The molecule has 22 heavy (non-hydrogen) atoms. The number of nitrogens with one attached hydrogen (secondary N) is 1. The number of carbonyl (C=O) groups excluding carboxylic acids is 1. The largest absolute Gasteiger partial charge is 0.356 e. The van der Waals surface area contributed by atoms with Gasteiger partial charge in [0.25, 0.3) is 0 Å². The first kappa shape index (κ1) is 14.3. The van der Waals surface area contributed by atoms with Crippen molar-refractivity contribution in [3.63, 3.8) is 0 Å². The third kappa shape index (κ3) is 2.98. The molecule has 0 bridgehead atoms. The van der Waals surface area contributed by atoms with E-state index in [1.165, 1.54) is 0 Å². The van der Waals surface area contributed by atoms with Crippen LogP contribution in [-0.2, 0) is 17.8 Å². The quantitative estimate of drug-likeness (QED) is 0.803. The Hall–Kier alpha value is -2.69. The third-order valence-corrected chi connectivity index (χ3v) is 3.70. The van der Waals surface area contributed by atoms with Gasteiger partial charge in [0.2, 0.25) is 5.91 Å². The van der Waals surface area contributed by atoms with Gasteiger partial charge in [-0.05, 0) is 48.7 Å². The summed E-state index contributed by atoms with van der Waals surface area (Å²) in [6, 6.07) is 7.74. The number of aryl methyl sites for hydroxylation is 2. The van der Waals surface area contributed by atoms with E-state index in [0.29, 0.717) is 12.2 Å². The van der Waals surface area contributed by atoms with Gasteiger partial charge >= 0.3 is 0 Å². The van der Waals surface area contributed by atoms with Crippen molar-refractivity contribution >= 4 is 16.9 Å². The zero-order chi connectivity index (χ0) is 15.5. The van der Waals surface area contributed by atoms with E-state index in [0.717, 1.165) is 27.7 Å². The molecule has 5 nitrogen and oxygen atoms in total. The molecule has 3 aromatic rings. The minimum absolute atomic E-state index is 0.0859. The Balaban J connectivity index is 1.70. The van der Waals surface area contributed by atoms with Gasteiger partial charge in [-0.1, -0.05) is 11.2 Å². The molecule has 1 amide bonds. The van der Waals surface area contributed by atoms with Crippen molar-refractivity contribution in [2.45, 2.75) is 26.8 Å². The summed E-state index contributed by atoms with van der Waals surface area (Å²) < 4.78 is 5.31. The Kier molecular flexibility index (Phi) is 3.87. The van der Waals surface area contributed by atoms with Gasteiger partial charge in [0, 0.05) is 24.3 Å². The van der Waals surface area contributed by atoms with Gasteiger partial charge in [0.1, 0.15) is 5.69 Å². The summed E-state index contributed by atoms with van der Waals surface area (Å²) in [5, 5.41) is 7.79. The maximum absolute atomic E-state index is 12.1. The molecule has 0 atom stereocenters. The second-order valence-corrected chi connectivity index (χ2v) is 5.38. The molecule has 0 fully saturated rings. The van der Waals surface area contributed by atoms with E-state index in [9.17, 15) is 4.79 Å². The Morgan fingerprint density at radius 1 is 1.27 bits per heavy atom. The van der Waals surface area contributed by atoms with Crippen LogP contribution < -0.4 is 5.32 Å². The first-order chi connectivity index (χ1) is 10.6. The lowest BCUT2D eigenvalue weighted by Gasteiger charge is -2.04. The molecular formula is C17H17N3O2. The molecule has 1 N–H and O–H groups in total. The number of fused-ring (bicyclic) bond motifs is 1. The molecule has 3 rings (SSSR count). The molecule has 2 heterocycles.